The van der Waals surface area contributed by atoms with Gasteiger partial charge in [-0.3, -0.25) is 14.4 Å². The van der Waals surface area contributed by atoms with Crippen LogP contribution in [-0.4, -0.2) is 24.3 Å². The highest BCUT2D eigenvalue weighted by Gasteiger charge is 2.11. The van der Waals surface area contributed by atoms with Crippen LogP contribution in [0.3, 0.4) is 0 Å². The number of nitrogens with one attached hydrogen (secondary N) is 3. The molecule has 2 aromatic carbocycles. The third-order valence-corrected chi connectivity index (χ3v) is 3.36. The lowest BCUT2D eigenvalue weighted by Gasteiger charge is -2.10. The smallest absolute Gasteiger partial charge is 0.251 e. The van der Waals surface area contributed by atoms with Gasteiger partial charge in [0.15, 0.2) is 0 Å². The predicted octanol–water partition coefficient (Wildman–Crippen LogP) is 2.46. The minimum absolute atomic E-state index is 0.0331. The van der Waals surface area contributed by atoms with Crippen LogP contribution in [0.1, 0.15) is 22.8 Å². The third-order valence-electron chi connectivity index (χ3n) is 3.36. The molecule has 0 heterocycles. The molecule has 0 unspecified atom stereocenters. The molecule has 130 valence electrons. The number of benzene rings is 2. The van der Waals surface area contributed by atoms with Crippen LogP contribution in [0.25, 0.3) is 0 Å². The van der Waals surface area contributed by atoms with Gasteiger partial charge in [-0.25, -0.2) is 4.39 Å². The fourth-order valence-corrected chi connectivity index (χ4v) is 2.18. The molecular weight excluding hydrogens is 325 g/mol. The Morgan fingerprint density at radius 3 is 2.44 bits per heavy atom. The van der Waals surface area contributed by atoms with Gasteiger partial charge in [-0.15, -0.1) is 0 Å². The molecule has 0 aliphatic heterocycles. The van der Waals surface area contributed by atoms with Gasteiger partial charge in [0.1, 0.15) is 5.82 Å². The first-order chi connectivity index (χ1) is 11.9. The van der Waals surface area contributed by atoms with Crippen LogP contribution in [0, 0.1) is 12.7 Å². The maximum Gasteiger partial charge on any atom is 0.251 e. The Hall–Kier alpha value is -3.22. The highest BCUT2D eigenvalue weighted by Crippen LogP contribution is 2.19. The molecule has 25 heavy (non-hydrogen) atoms. The van der Waals surface area contributed by atoms with Gasteiger partial charge >= 0.3 is 0 Å². The van der Waals surface area contributed by atoms with Gasteiger partial charge in [0.2, 0.25) is 11.8 Å². The van der Waals surface area contributed by atoms with Crippen LogP contribution in [0.15, 0.2) is 42.5 Å². The zero-order valence-corrected chi connectivity index (χ0v) is 13.9. The summed E-state index contributed by atoms with van der Waals surface area (Å²) in [4.78, 5) is 35.0. The van der Waals surface area contributed by atoms with E-state index in [1.807, 2.05) is 6.07 Å². The summed E-state index contributed by atoms with van der Waals surface area (Å²) in [6.45, 7) is 2.82. The molecule has 0 aliphatic carbocycles. The number of halogens is 1. The Kier molecular flexibility index (Phi) is 5.84. The third kappa shape index (κ3) is 5.13. The highest BCUT2D eigenvalue weighted by atomic mass is 19.1. The fourth-order valence-electron chi connectivity index (χ4n) is 2.18. The minimum atomic E-state index is -0.610. The van der Waals surface area contributed by atoms with E-state index in [0.717, 1.165) is 11.6 Å². The minimum Gasteiger partial charge on any atom is -0.343 e. The number of carbonyl (C=O) groups is 3. The van der Waals surface area contributed by atoms with Gasteiger partial charge in [0.25, 0.3) is 5.91 Å². The summed E-state index contributed by atoms with van der Waals surface area (Å²) in [5, 5.41) is 7.39. The molecule has 0 fully saturated rings. The molecule has 6 nitrogen and oxygen atoms in total. The number of rotatable bonds is 5. The summed E-state index contributed by atoms with van der Waals surface area (Å²) >= 11 is 0. The lowest BCUT2D eigenvalue weighted by atomic mass is 10.1. The van der Waals surface area contributed by atoms with E-state index in [9.17, 15) is 18.8 Å². The van der Waals surface area contributed by atoms with Crippen LogP contribution in [-0.2, 0) is 9.59 Å². The van der Waals surface area contributed by atoms with Gasteiger partial charge in [-0.2, -0.15) is 0 Å². The molecule has 0 bridgehead atoms. The Bertz CT molecular complexity index is 821. The summed E-state index contributed by atoms with van der Waals surface area (Å²) < 4.78 is 13.6. The SMILES string of the molecule is CC(=O)Nc1cc(NC(=O)CNC(=O)c2ccccc2C)ccc1F. The summed E-state index contributed by atoms with van der Waals surface area (Å²) in [6, 6.07) is 10.8. The predicted molar refractivity (Wildman–Crippen MR) is 92.8 cm³/mol. The van der Waals surface area contributed by atoms with Crippen molar-refractivity contribution in [1.29, 1.82) is 0 Å². The topological polar surface area (TPSA) is 87.3 Å². The monoisotopic (exact) mass is 343 g/mol. The van der Waals surface area contributed by atoms with Crippen molar-refractivity contribution in [3.05, 3.63) is 59.4 Å². The molecule has 3 amide bonds. The van der Waals surface area contributed by atoms with Crippen LogP contribution >= 0.6 is 0 Å². The Morgan fingerprint density at radius 1 is 1.04 bits per heavy atom. The molecule has 0 radical (unpaired) electrons. The van der Waals surface area contributed by atoms with Gasteiger partial charge in [0.05, 0.1) is 12.2 Å². The van der Waals surface area contributed by atoms with Gasteiger partial charge in [-0.1, -0.05) is 18.2 Å². The van der Waals surface area contributed by atoms with Crippen molar-refractivity contribution in [3.63, 3.8) is 0 Å². The van der Waals surface area contributed by atoms with E-state index in [1.165, 1.54) is 19.1 Å². The normalized spacial score (nSPS) is 10.0. The number of hydrogen-bond acceptors (Lipinski definition) is 3. The standard InChI is InChI=1S/C18H18FN3O3/c1-11-5-3-4-6-14(11)18(25)20-10-17(24)22-13-7-8-15(19)16(9-13)21-12(2)23/h3-9H,10H2,1-2H3,(H,20,25)(H,21,23)(H,22,24). The van der Waals surface area contributed by atoms with Crippen LogP contribution < -0.4 is 16.0 Å². The highest BCUT2D eigenvalue weighted by molar-refractivity contribution is 6.00. The van der Waals surface area contributed by atoms with Crippen molar-refractivity contribution >= 4 is 29.1 Å². The lowest BCUT2D eigenvalue weighted by Crippen LogP contribution is -2.33. The van der Waals surface area contributed by atoms with Crippen molar-refractivity contribution < 1.29 is 18.8 Å². The zero-order valence-electron chi connectivity index (χ0n) is 13.9. The molecule has 7 heteroatoms. The lowest BCUT2D eigenvalue weighted by molar-refractivity contribution is -0.115. The number of carbonyl (C=O) groups excluding carboxylic acids is 3. The van der Waals surface area contributed by atoms with Crippen molar-refractivity contribution in [2.75, 3.05) is 17.2 Å². The fraction of sp³-hybridized carbons (Fsp3) is 0.167. The zero-order chi connectivity index (χ0) is 18.4. The number of hydrogen-bond donors (Lipinski definition) is 3. The molecule has 0 aliphatic rings. The maximum atomic E-state index is 13.6. The van der Waals surface area contributed by atoms with E-state index >= 15 is 0 Å². The molecule has 3 N–H and O–H groups in total. The second kappa shape index (κ2) is 8.05. The van der Waals surface area contributed by atoms with Crippen LogP contribution in [0.4, 0.5) is 15.8 Å². The molecule has 2 aromatic rings. The quantitative estimate of drug-likeness (QED) is 0.779. The molecule has 0 spiro atoms. The van der Waals surface area contributed by atoms with Crippen molar-refractivity contribution in [3.8, 4) is 0 Å². The van der Waals surface area contributed by atoms with Gasteiger partial charge in [-0.05, 0) is 36.8 Å². The first kappa shape index (κ1) is 18.1. The summed E-state index contributed by atoms with van der Waals surface area (Å²) in [7, 11) is 0. The molecular formula is C18H18FN3O3. The van der Waals surface area contributed by atoms with Gasteiger partial charge in [0, 0.05) is 18.2 Å². The van der Waals surface area contributed by atoms with E-state index in [0.29, 0.717) is 11.3 Å². The maximum absolute atomic E-state index is 13.6. The molecule has 0 aromatic heterocycles. The van der Waals surface area contributed by atoms with E-state index in [2.05, 4.69) is 16.0 Å². The van der Waals surface area contributed by atoms with E-state index < -0.39 is 17.6 Å². The average molecular weight is 343 g/mol. The van der Waals surface area contributed by atoms with E-state index in [4.69, 9.17) is 0 Å². The van der Waals surface area contributed by atoms with E-state index in [-0.39, 0.29) is 18.1 Å². The Balaban J connectivity index is 1.95. The Morgan fingerprint density at radius 2 is 1.76 bits per heavy atom. The first-order valence-corrected chi connectivity index (χ1v) is 7.57. The molecule has 2 rings (SSSR count). The van der Waals surface area contributed by atoms with Crippen LogP contribution in [0.2, 0.25) is 0 Å². The molecule has 0 saturated heterocycles. The Labute approximate surface area is 144 Å². The van der Waals surface area contributed by atoms with Crippen molar-refractivity contribution in [2.45, 2.75) is 13.8 Å². The van der Waals surface area contributed by atoms with Crippen molar-refractivity contribution in [2.24, 2.45) is 0 Å². The molecule has 0 saturated carbocycles. The summed E-state index contributed by atoms with van der Waals surface area (Å²) in [5.41, 5.74) is 1.57. The molecule has 0 atom stereocenters. The van der Waals surface area contributed by atoms with Crippen LogP contribution in [0.5, 0.6) is 0 Å². The van der Waals surface area contributed by atoms with Gasteiger partial charge < -0.3 is 16.0 Å². The number of anilines is 2. The number of amides is 3. The van der Waals surface area contributed by atoms with Crippen molar-refractivity contribution in [1.82, 2.24) is 5.32 Å². The largest absolute Gasteiger partial charge is 0.343 e. The van der Waals surface area contributed by atoms with E-state index in [1.54, 1.807) is 25.1 Å². The first-order valence-electron chi connectivity index (χ1n) is 7.57. The average Bonchev–Trinajstić information content (AvgIpc) is 2.56. The number of aryl methyl sites for hydroxylation is 1. The summed E-state index contributed by atoms with van der Waals surface area (Å²) in [6.07, 6.45) is 0. The second-order valence-corrected chi connectivity index (χ2v) is 5.42. The summed E-state index contributed by atoms with van der Waals surface area (Å²) in [5.74, 6) is -1.86. The second-order valence-electron chi connectivity index (χ2n) is 5.42.